The maximum atomic E-state index is 12.5. The average Bonchev–Trinajstić information content (AvgIpc) is 2.58. The Hall–Kier alpha value is -2.01. The van der Waals surface area contributed by atoms with E-state index in [0.29, 0.717) is 0 Å². The first-order chi connectivity index (χ1) is 12.2. The molecule has 0 aliphatic rings. The number of hydrogen-bond acceptors (Lipinski definition) is 8. The maximum absolute atomic E-state index is 12.5. The second-order valence-electron chi connectivity index (χ2n) is 4.39. The molecule has 0 spiro atoms. The monoisotopic (exact) mass is 441 g/mol. The number of hydrogen-bond donors (Lipinski definition) is 1. The number of carbonyl (C=O) groups excluding carboxylic acids is 1. The van der Waals surface area contributed by atoms with Crippen LogP contribution in [-0.2, 0) is 14.8 Å². The van der Waals surface area contributed by atoms with Gasteiger partial charge in [0.05, 0.1) is 24.3 Å². The highest BCUT2D eigenvalue weighted by Gasteiger charge is 2.24. The number of aromatic nitrogens is 2. The first kappa shape index (κ1) is 20.3. The number of sulfonamides is 1. The van der Waals surface area contributed by atoms with Crippen molar-refractivity contribution < 1.29 is 27.4 Å². The van der Waals surface area contributed by atoms with Crippen molar-refractivity contribution in [3.05, 3.63) is 33.4 Å². The molecule has 0 aliphatic heterocycles. The average molecular weight is 443 g/mol. The van der Waals surface area contributed by atoms with Gasteiger partial charge in [0.2, 0.25) is 5.82 Å². The van der Waals surface area contributed by atoms with E-state index in [1.165, 1.54) is 25.3 Å². The van der Waals surface area contributed by atoms with E-state index in [4.69, 9.17) is 39.5 Å². The van der Waals surface area contributed by atoms with Crippen molar-refractivity contribution in [1.29, 1.82) is 0 Å². The van der Waals surface area contributed by atoms with Crippen LogP contribution in [0.2, 0.25) is 15.2 Å². The van der Waals surface area contributed by atoms with Crippen molar-refractivity contribution in [1.82, 2.24) is 9.97 Å². The Labute approximate surface area is 163 Å². The molecule has 26 heavy (non-hydrogen) atoms. The molecular formula is C13H10Cl3N3O6S. The molecule has 13 heteroatoms. The summed E-state index contributed by atoms with van der Waals surface area (Å²) in [6.45, 7) is 0. The van der Waals surface area contributed by atoms with Gasteiger partial charge in [0.1, 0.15) is 4.90 Å². The number of rotatable bonds is 5. The van der Waals surface area contributed by atoms with E-state index in [0.717, 1.165) is 7.11 Å². The molecule has 0 saturated heterocycles. The van der Waals surface area contributed by atoms with E-state index in [2.05, 4.69) is 24.2 Å². The number of nitrogens with one attached hydrogen (secondary N) is 1. The zero-order chi connectivity index (χ0) is 19.5. The zero-order valence-corrected chi connectivity index (χ0v) is 16.2. The van der Waals surface area contributed by atoms with Crippen LogP contribution in [0.3, 0.4) is 0 Å². The summed E-state index contributed by atoms with van der Waals surface area (Å²) in [7, 11) is -1.92. The summed E-state index contributed by atoms with van der Waals surface area (Å²) in [5, 5.41) is -0.538. The smallest absolute Gasteiger partial charge is 0.478 e. The van der Waals surface area contributed by atoms with Gasteiger partial charge in [0, 0.05) is 0 Å². The van der Waals surface area contributed by atoms with Gasteiger partial charge in [-0.15, -0.1) is 0 Å². The van der Waals surface area contributed by atoms with Gasteiger partial charge in [-0.2, -0.15) is 4.98 Å². The lowest BCUT2D eigenvalue weighted by Gasteiger charge is -2.13. The van der Waals surface area contributed by atoms with Crippen molar-refractivity contribution in [3.63, 3.8) is 0 Å². The van der Waals surface area contributed by atoms with Crippen molar-refractivity contribution in [2.75, 3.05) is 18.9 Å². The molecule has 0 saturated carbocycles. The summed E-state index contributed by atoms with van der Waals surface area (Å²) >= 11 is 17.6. The highest BCUT2D eigenvalue weighted by atomic mass is 35.5. The topological polar surface area (TPSA) is 117 Å². The van der Waals surface area contributed by atoms with E-state index >= 15 is 0 Å². The van der Waals surface area contributed by atoms with Crippen molar-refractivity contribution in [3.8, 4) is 11.8 Å². The molecule has 140 valence electrons. The lowest BCUT2D eigenvalue weighted by Crippen LogP contribution is -2.17. The predicted octanol–water partition coefficient (Wildman–Crippen LogP) is 3.39. The highest BCUT2D eigenvalue weighted by Crippen LogP contribution is 2.33. The quantitative estimate of drug-likeness (QED) is 0.700. The van der Waals surface area contributed by atoms with Crippen LogP contribution in [0.5, 0.6) is 11.8 Å². The molecule has 1 aromatic heterocycles. The first-order valence-electron chi connectivity index (χ1n) is 6.53. The van der Waals surface area contributed by atoms with Crippen LogP contribution in [-0.4, -0.2) is 38.8 Å². The van der Waals surface area contributed by atoms with E-state index in [-0.39, 0.29) is 26.6 Å². The van der Waals surface area contributed by atoms with Gasteiger partial charge >= 0.3 is 6.16 Å². The highest BCUT2D eigenvalue weighted by molar-refractivity contribution is 7.92. The molecule has 0 atom stereocenters. The molecule has 2 rings (SSSR count). The maximum Gasteiger partial charge on any atom is 0.515 e. The SMILES string of the molecule is COC(=O)Oc1nc(OC)c(NS(=O)(=O)c2cccc(Cl)c2Cl)nc1Cl. The van der Waals surface area contributed by atoms with Gasteiger partial charge in [-0.1, -0.05) is 40.9 Å². The Morgan fingerprint density at radius 2 is 1.81 bits per heavy atom. The van der Waals surface area contributed by atoms with Crippen molar-refractivity contribution in [2.24, 2.45) is 0 Å². The van der Waals surface area contributed by atoms with Gasteiger partial charge in [0.15, 0.2) is 5.15 Å². The Bertz CT molecular complexity index is 954. The largest absolute Gasteiger partial charge is 0.515 e. The van der Waals surface area contributed by atoms with Gasteiger partial charge < -0.3 is 14.2 Å². The fourth-order valence-electron chi connectivity index (χ4n) is 1.65. The molecule has 0 bridgehead atoms. The third-order valence-corrected chi connectivity index (χ3v) is 5.33. The molecule has 0 unspecified atom stereocenters. The van der Waals surface area contributed by atoms with Gasteiger partial charge in [-0.05, 0) is 12.1 Å². The van der Waals surface area contributed by atoms with E-state index in [1.54, 1.807) is 0 Å². The minimum Gasteiger partial charge on any atom is -0.478 e. The molecular weight excluding hydrogens is 433 g/mol. The summed E-state index contributed by atoms with van der Waals surface area (Å²) in [6.07, 6.45) is -1.10. The Morgan fingerprint density at radius 3 is 2.42 bits per heavy atom. The normalized spacial score (nSPS) is 11.0. The van der Waals surface area contributed by atoms with E-state index in [1.807, 2.05) is 0 Å². The molecule has 1 aromatic carbocycles. The standard InChI is InChI=1S/C13H10Cl3N3O6S/c1-23-12-10(17-9(16)11(18-12)25-13(20)24-2)19-26(21,22)7-5-3-4-6(14)8(7)15/h3-5H,1-2H3,(H,17,19). The first-order valence-corrected chi connectivity index (χ1v) is 9.15. The molecule has 0 radical (unpaired) electrons. The van der Waals surface area contributed by atoms with Crippen LogP contribution in [0.1, 0.15) is 0 Å². The summed E-state index contributed by atoms with van der Waals surface area (Å²) in [6, 6.07) is 4.08. The molecule has 1 N–H and O–H groups in total. The van der Waals surface area contributed by atoms with Gasteiger partial charge in [-0.25, -0.2) is 18.2 Å². The van der Waals surface area contributed by atoms with Crippen molar-refractivity contribution >= 4 is 56.8 Å². The van der Waals surface area contributed by atoms with Crippen LogP contribution < -0.4 is 14.2 Å². The molecule has 9 nitrogen and oxygen atoms in total. The van der Waals surface area contributed by atoms with Crippen molar-refractivity contribution in [2.45, 2.75) is 4.90 Å². The predicted molar refractivity (Wildman–Crippen MR) is 93.9 cm³/mol. The summed E-state index contributed by atoms with van der Waals surface area (Å²) in [5.41, 5.74) is 0. The fourth-order valence-corrected chi connectivity index (χ4v) is 3.58. The Balaban J connectivity index is 2.44. The third-order valence-electron chi connectivity index (χ3n) is 2.77. The molecule has 2 aromatic rings. The molecule has 1 heterocycles. The molecule has 0 aliphatic carbocycles. The summed E-state index contributed by atoms with van der Waals surface area (Å²) in [4.78, 5) is 18.4. The van der Waals surface area contributed by atoms with Crippen LogP contribution in [0.15, 0.2) is 23.1 Å². The number of carbonyl (C=O) groups is 1. The number of anilines is 1. The Kier molecular flexibility index (Phi) is 6.34. The molecule has 0 fully saturated rings. The number of benzene rings is 1. The number of nitrogens with zero attached hydrogens (tertiary/aromatic N) is 2. The van der Waals surface area contributed by atoms with Crippen LogP contribution in [0, 0.1) is 0 Å². The summed E-state index contributed by atoms with van der Waals surface area (Å²) in [5.74, 6) is -1.10. The van der Waals surface area contributed by atoms with E-state index < -0.39 is 27.2 Å². The number of halogens is 3. The zero-order valence-electron chi connectivity index (χ0n) is 13.1. The Morgan fingerprint density at radius 1 is 1.12 bits per heavy atom. The van der Waals surface area contributed by atoms with Gasteiger partial charge in [0.25, 0.3) is 21.8 Å². The lowest BCUT2D eigenvalue weighted by atomic mass is 10.4. The molecule has 0 amide bonds. The van der Waals surface area contributed by atoms with Crippen LogP contribution in [0.25, 0.3) is 0 Å². The minimum atomic E-state index is -4.20. The number of methoxy groups -OCH3 is 2. The van der Waals surface area contributed by atoms with Gasteiger partial charge in [-0.3, -0.25) is 4.72 Å². The number of ether oxygens (including phenoxy) is 3. The lowest BCUT2D eigenvalue weighted by molar-refractivity contribution is 0.119. The van der Waals surface area contributed by atoms with Crippen LogP contribution in [0.4, 0.5) is 10.6 Å². The minimum absolute atomic E-state index is 0.0486. The second-order valence-corrected chi connectivity index (χ2v) is 7.19. The van der Waals surface area contributed by atoms with Crippen LogP contribution >= 0.6 is 34.8 Å². The third kappa shape index (κ3) is 4.39. The van der Waals surface area contributed by atoms with E-state index in [9.17, 15) is 13.2 Å². The second kappa shape index (κ2) is 8.12. The summed E-state index contributed by atoms with van der Waals surface area (Å²) < 4.78 is 41.1. The fraction of sp³-hybridized carbons (Fsp3) is 0.154.